The normalized spacial score (nSPS) is 16.8. The smallest absolute Gasteiger partial charge is 0.308 e. The summed E-state index contributed by atoms with van der Waals surface area (Å²) in [5, 5.41) is 5.83. The molecule has 0 bridgehead atoms. The Bertz CT molecular complexity index is 675. The second-order valence-corrected chi connectivity index (χ2v) is 6.49. The summed E-state index contributed by atoms with van der Waals surface area (Å²) in [4.78, 5) is 38.1. The number of hydrogen-bond donors (Lipinski definition) is 2. The topological polar surface area (TPSA) is 87.7 Å². The lowest BCUT2D eigenvalue weighted by Crippen LogP contribution is -2.58. The summed E-state index contributed by atoms with van der Waals surface area (Å²) >= 11 is 0. The molecule has 0 aromatic heterocycles. The molecule has 0 spiro atoms. The molecular formula is C19H27N3O4. The van der Waals surface area contributed by atoms with Gasteiger partial charge in [0.15, 0.2) is 0 Å². The molecule has 0 aliphatic carbocycles. The molecule has 1 unspecified atom stereocenters. The van der Waals surface area contributed by atoms with Gasteiger partial charge in [0, 0.05) is 18.8 Å². The number of aryl methyl sites for hydroxylation is 2. The predicted molar refractivity (Wildman–Crippen MR) is 98.8 cm³/mol. The van der Waals surface area contributed by atoms with Gasteiger partial charge in [-0.25, -0.2) is 0 Å². The summed E-state index contributed by atoms with van der Waals surface area (Å²) in [6.07, 6.45) is 0.589. The highest BCUT2D eigenvalue weighted by Crippen LogP contribution is 2.16. The zero-order valence-corrected chi connectivity index (χ0v) is 15.6. The maximum absolute atomic E-state index is 12.6. The zero-order valence-electron chi connectivity index (χ0n) is 15.6. The van der Waals surface area contributed by atoms with Gasteiger partial charge in [0.1, 0.15) is 6.04 Å². The zero-order chi connectivity index (χ0) is 19.1. The molecule has 1 aliphatic rings. The van der Waals surface area contributed by atoms with E-state index in [4.69, 9.17) is 4.74 Å². The second-order valence-electron chi connectivity index (χ2n) is 6.49. The van der Waals surface area contributed by atoms with Gasteiger partial charge in [-0.1, -0.05) is 24.6 Å². The fourth-order valence-electron chi connectivity index (χ4n) is 2.93. The van der Waals surface area contributed by atoms with Crippen LogP contribution in [0.5, 0.6) is 0 Å². The quantitative estimate of drug-likeness (QED) is 0.717. The van der Waals surface area contributed by atoms with E-state index in [1.54, 1.807) is 0 Å². The molecule has 1 aliphatic heterocycles. The lowest BCUT2D eigenvalue weighted by atomic mass is 10.1. The minimum Gasteiger partial charge on any atom is -0.466 e. The van der Waals surface area contributed by atoms with Crippen LogP contribution in [0.25, 0.3) is 0 Å². The Morgan fingerprint density at radius 3 is 2.81 bits per heavy atom. The molecule has 26 heavy (non-hydrogen) atoms. The number of rotatable bonds is 7. The summed E-state index contributed by atoms with van der Waals surface area (Å²) in [5.74, 6) is -0.994. The van der Waals surface area contributed by atoms with E-state index in [1.807, 2.05) is 39.0 Å². The van der Waals surface area contributed by atoms with Gasteiger partial charge in [0.05, 0.1) is 19.6 Å². The average Bonchev–Trinajstić information content (AvgIpc) is 2.60. The summed E-state index contributed by atoms with van der Waals surface area (Å²) in [5.41, 5.74) is 3.08. The monoisotopic (exact) mass is 361 g/mol. The Morgan fingerprint density at radius 2 is 2.12 bits per heavy atom. The maximum Gasteiger partial charge on any atom is 0.308 e. The number of benzene rings is 1. The number of anilines is 1. The first-order valence-electron chi connectivity index (χ1n) is 8.96. The molecule has 1 fully saturated rings. The van der Waals surface area contributed by atoms with E-state index in [9.17, 15) is 14.4 Å². The van der Waals surface area contributed by atoms with Crippen molar-refractivity contribution in [2.24, 2.45) is 0 Å². The highest BCUT2D eigenvalue weighted by molar-refractivity contribution is 5.93. The summed E-state index contributed by atoms with van der Waals surface area (Å²) in [6, 6.07) is 5.12. The summed E-state index contributed by atoms with van der Waals surface area (Å²) < 4.78 is 5.05. The highest BCUT2D eigenvalue weighted by Gasteiger charge is 2.34. The van der Waals surface area contributed by atoms with Crippen molar-refractivity contribution >= 4 is 23.5 Å². The van der Waals surface area contributed by atoms with E-state index in [0.29, 0.717) is 26.1 Å². The second kappa shape index (κ2) is 9.22. The highest BCUT2D eigenvalue weighted by atomic mass is 16.5. The third-order valence-corrected chi connectivity index (χ3v) is 4.29. The molecule has 1 aromatic rings. The van der Waals surface area contributed by atoms with E-state index >= 15 is 0 Å². The largest absolute Gasteiger partial charge is 0.466 e. The van der Waals surface area contributed by atoms with Gasteiger partial charge in [-0.15, -0.1) is 0 Å². The van der Waals surface area contributed by atoms with Gasteiger partial charge in [-0.05, 0) is 31.9 Å². The Morgan fingerprint density at radius 1 is 1.35 bits per heavy atom. The van der Waals surface area contributed by atoms with Crippen LogP contribution in [0.1, 0.15) is 30.9 Å². The molecule has 7 heteroatoms. The van der Waals surface area contributed by atoms with Crippen LogP contribution in [-0.4, -0.2) is 55.0 Å². The van der Waals surface area contributed by atoms with Crippen LogP contribution in [0.15, 0.2) is 18.2 Å². The Labute approximate surface area is 154 Å². The summed E-state index contributed by atoms with van der Waals surface area (Å²) in [6.45, 7) is 7.03. The third-order valence-electron chi connectivity index (χ3n) is 4.29. The van der Waals surface area contributed by atoms with Crippen LogP contribution in [0, 0.1) is 13.8 Å². The fourth-order valence-corrected chi connectivity index (χ4v) is 2.93. The molecule has 1 atom stereocenters. The number of esters is 1. The van der Waals surface area contributed by atoms with E-state index in [1.165, 1.54) is 4.90 Å². The molecule has 1 heterocycles. The van der Waals surface area contributed by atoms with Crippen molar-refractivity contribution in [3.63, 3.8) is 0 Å². The first kappa shape index (κ1) is 19.8. The first-order valence-corrected chi connectivity index (χ1v) is 8.96. The van der Waals surface area contributed by atoms with Gasteiger partial charge in [0.25, 0.3) is 0 Å². The van der Waals surface area contributed by atoms with Crippen molar-refractivity contribution in [1.29, 1.82) is 0 Å². The number of nitrogens with zero attached hydrogens (tertiary/aromatic N) is 1. The molecule has 2 N–H and O–H groups in total. The molecule has 7 nitrogen and oxygen atoms in total. The van der Waals surface area contributed by atoms with Crippen molar-refractivity contribution in [1.82, 2.24) is 10.2 Å². The van der Waals surface area contributed by atoms with Crippen molar-refractivity contribution in [3.05, 3.63) is 29.3 Å². The minimum atomic E-state index is -0.818. The van der Waals surface area contributed by atoms with Gasteiger partial charge in [0.2, 0.25) is 11.8 Å². The van der Waals surface area contributed by atoms with Crippen molar-refractivity contribution in [2.45, 2.75) is 39.7 Å². The average molecular weight is 361 g/mol. The van der Waals surface area contributed by atoms with Crippen molar-refractivity contribution in [3.8, 4) is 0 Å². The lowest BCUT2D eigenvalue weighted by Gasteiger charge is -2.34. The third kappa shape index (κ3) is 5.21. The SMILES string of the molecule is CCCOC(=O)CC1C(=O)NCCN1C(=O)CNc1ccc(C)cc1C. The molecule has 142 valence electrons. The molecule has 1 saturated heterocycles. The number of carbonyl (C=O) groups excluding carboxylic acids is 3. The van der Waals surface area contributed by atoms with Crippen molar-refractivity contribution in [2.75, 3.05) is 31.6 Å². The predicted octanol–water partition coefficient (Wildman–Crippen LogP) is 1.39. The van der Waals surface area contributed by atoms with Gasteiger partial charge in [-0.3, -0.25) is 14.4 Å². The Balaban J connectivity index is 1.99. The maximum atomic E-state index is 12.6. The minimum absolute atomic E-state index is 0.0672. The van der Waals surface area contributed by atoms with Gasteiger partial charge < -0.3 is 20.3 Å². The standard InChI is InChI=1S/C19H27N3O4/c1-4-9-26-18(24)11-16-19(25)20-7-8-22(16)17(23)12-21-15-6-5-13(2)10-14(15)3/h5-6,10,16,21H,4,7-9,11-12H2,1-3H3,(H,20,25). The number of nitrogens with one attached hydrogen (secondary N) is 2. The number of amides is 2. The Hall–Kier alpha value is -2.57. The molecular weight excluding hydrogens is 334 g/mol. The molecule has 1 aromatic carbocycles. The van der Waals surface area contributed by atoms with E-state index < -0.39 is 12.0 Å². The Kier molecular flexibility index (Phi) is 7.00. The molecule has 2 rings (SSSR count). The summed E-state index contributed by atoms with van der Waals surface area (Å²) in [7, 11) is 0. The van der Waals surface area contributed by atoms with Crippen LogP contribution in [0.2, 0.25) is 0 Å². The van der Waals surface area contributed by atoms with Gasteiger partial charge in [-0.2, -0.15) is 0 Å². The number of ether oxygens (including phenoxy) is 1. The van der Waals surface area contributed by atoms with Crippen molar-refractivity contribution < 1.29 is 19.1 Å². The van der Waals surface area contributed by atoms with E-state index in [0.717, 1.165) is 16.8 Å². The molecule has 0 radical (unpaired) electrons. The van der Waals surface area contributed by atoms with Crippen LogP contribution in [-0.2, 0) is 19.1 Å². The lowest BCUT2D eigenvalue weighted by molar-refractivity contribution is -0.151. The molecule has 2 amide bonds. The van der Waals surface area contributed by atoms with Crippen LogP contribution < -0.4 is 10.6 Å². The van der Waals surface area contributed by atoms with Crippen LogP contribution in [0.3, 0.4) is 0 Å². The van der Waals surface area contributed by atoms with Crippen LogP contribution in [0.4, 0.5) is 5.69 Å². The number of hydrogen-bond acceptors (Lipinski definition) is 5. The molecule has 0 saturated carbocycles. The van der Waals surface area contributed by atoms with Crippen LogP contribution >= 0.6 is 0 Å². The van der Waals surface area contributed by atoms with Gasteiger partial charge >= 0.3 is 5.97 Å². The van der Waals surface area contributed by atoms with E-state index in [2.05, 4.69) is 10.6 Å². The van der Waals surface area contributed by atoms with E-state index in [-0.39, 0.29) is 24.8 Å². The fraction of sp³-hybridized carbons (Fsp3) is 0.526. The first-order chi connectivity index (χ1) is 12.4. The number of piperazine rings is 1. The number of carbonyl (C=O) groups is 3.